The molecule has 0 saturated heterocycles. The van der Waals surface area contributed by atoms with Crippen molar-refractivity contribution in [2.45, 2.75) is 90.9 Å². The molecule has 2 aromatic carbocycles. The smallest absolute Gasteiger partial charge is 0.343 e. The summed E-state index contributed by atoms with van der Waals surface area (Å²) < 4.78 is 5.43. The van der Waals surface area contributed by atoms with E-state index >= 15 is 0 Å². The van der Waals surface area contributed by atoms with Crippen LogP contribution in [-0.4, -0.2) is 18.1 Å². The van der Waals surface area contributed by atoms with Crippen molar-refractivity contribution in [1.82, 2.24) is 5.43 Å². The third-order valence-corrected chi connectivity index (χ3v) is 5.87. The fourth-order valence-corrected chi connectivity index (χ4v) is 3.77. The molecule has 0 unspecified atom stereocenters. The van der Waals surface area contributed by atoms with Gasteiger partial charge in [0, 0.05) is 6.42 Å². The van der Waals surface area contributed by atoms with E-state index in [0.717, 1.165) is 24.0 Å². The largest absolute Gasteiger partial charge is 0.423 e. The van der Waals surface area contributed by atoms with Gasteiger partial charge >= 0.3 is 5.97 Å². The summed E-state index contributed by atoms with van der Waals surface area (Å²) in [5.41, 5.74) is 4.82. The molecule has 5 nitrogen and oxygen atoms in total. The molecule has 0 aliphatic rings. The summed E-state index contributed by atoms with van der Waals surface area (Å²) in [4.78, 5) is 24.2. The topological polar surface area (TPSA) is 67.8 Å². The molecule has 1 amide bonds. The molecule has 0 saturated carbocycles. The lowest BCUT2D eigenvalue weighted by Gasteiger charge is -2.06. The molecule has 0 atom stereocenters. The second-order valence-electron chi connectivity index (χ2n) is 8.85. The highest BCUT2D eigenvalue weighted by Gasteiger charge is 2.10. The monoisotopic (exact) mass is 464 g/mol. The molecular formula is C29H40N2O3. The zero-order valence-corrected chi connectivity index (χ0v) is 20.9. The van der Waals surface area contributed by atoms with Crippen molar-refractivity contribution >= 4 is 18.1 Å². The Balaban J connectivity index is 1.56. The van der Waals surface area contributed by atoms with Crippen LogP contribution >= 0.6 is 0 Å². The summed E-state index contributed by atoms with van der Waals surface area (Å²) in [5, 5.41) is 4.03. The van der Waals surface area contributed by atoms with Gasteiger partial charge in [-0.25, -0.2) is 10.2 Å². The van der Waals surface area contributed by atoms with Crippen LogP contribution in [0.15, 0.2) is 53.6 Å². The molecule has 1 N–H and O–H groups in total. The number of carbonyl (C=O) groups excluding carboxylic acids is 2. The lowest BCUT2D eigenvalue weighted by Crippen LogP contribution is -2.16. The fourth-order valence-electron chi connectivity index (χ4n) is 3.77. The van der Waals surface area contributed by atoms with Crippen molar-refractivity contribution in [3.63, 3.8) is 0 Å². The van der Waals surface area contributed by atoms with Crippen molar-refractivity contribution in [2.24, 2.45) is 5.10 Å². The van der Waals surface area contributed by atoms with Gasteiger partial charge in [-0.2, -0.15) is 5.10 Å². The standard InChI is InChI=1S/C29H40N2O3/c1-3-4-5-6-7-8-9-10-11-12-13-18-28(32)31-30-23-25-19-21-26(22-20-25)34-29(33)27-17-15-14-16-24(27)2/h14-17,19-23H,3-13,18H2,1-2H3,(H,31,32)/b30-23-. The van der Waals surface area contributed by atoms with Crippen LogP contribution in [0.2, 0.25) is 0 Å². The highest BCUT2D eigenvalue weighted by atomic mass is 16.5. The average molecular weight is 465 g/mol. The van der Waals surface area contributed by atoms with E-state index in [1.807, 2.05) is 25.1 Å². The summed E-state index contributed by atoms with van der Waals surface area (Å²) in [6, 6.07) is 14.3. The number of rotatable bonds is 16. The van der Waals surface area contributed by atoms with Crippen LogP contribution in [0.1, 0.15) is 105 Å². The minimum Gasteiger partial charge on any atom is -0.423 e. The minimum absolute atomic E-state index is 0.0593. The number of hydrogen-bond acceptors (Lipinski definition) is 4. The van der Waals surface area contributed by atoms with Crippen LogP contribution in [0.3, 0.4) is 0 Å². The van der Waals surface area contributed by atoms with Gasteiger partial charge in [0.1, 0.15) is 5.75 Å². The maximum Gasteiger partial charge on any atom is 0.343 e. The normalized spacial score (nSPS) is 11.0. The first-order valence-electron chi connectivity index (χ1n) is 12.8. The first-order valence-corrected chi connectivity index (χ1v) is 12.8. The highest BCUT2D eigenvalue weighted by Crippen LogP contribution is 2.16. The Kier molecular flexibility index (Phi) is 13.4. The number of nitrogens with one attached hydrogen (secondary N) is 1. The summed E-state index contributed by atoms with van der Waals surface area (Å²) in [5.74, 6) is 0.0241. The quantitative estimate of drug-likeness (QED) is 0.0927. The number of nitrogens with zero attached hydrogens (tertiary/aromatic N) is 1. The Hall–Kier alpha value is -2.95. The summed E-state index contributed by atoms with van der Waals surface area (Å²) >= 11 is 0. The zero-order chi connectivity index (χ0) is 24.4. The number of hydrogen-bond donors (Lipinski definition) is 1. The zero-order valence-electron chi connectivity index (χ0n) is 20.9. The van der Waals surface area contributed by atoms with Gasteiger partial charge < -0.3 is 4.74 Å². The molecule has 34 heavy (non-hydrogen) atoms. The van der Waals surface area contributed by atoms with E-state index in [1.54, 1.807) is 36.5 Å². The minimum atomic E-state index is -0.380. The Morgan fingerprint density at radius 3 is 2.03 bits per heavy atom. The predicted molar refractivity (Wildman–Crippen MR) is 139 cm³/mol. The van der Waals surface area contributed by atoms with Crippen LogP contribution in [0.4, 0.5) is 0 Å². The van der Waals surface area contributed by atoms with Gasteiger partial charge in [-0.15, -0.1) is 0 Å². The van der Waals surface area contributed by atoms with Crippen molar-refractivity contribution < 1.29 is 14.3 Å². The SMILES string of the molecule is CCCCCCCCCCCCCC(=O)N/N=C\c1ccc(OC(=O)c2ccccc2C)cc1. The van der Waals surface area contributed by atoms with E-state index in [0.29, 0.717) is 17.7 Å². The van der Waals surface area contributed by atoms with E-state index in [-0.39, 0.29) is 11.9 Å². The molecule has 0 spiro atoms. The Bertz CT molecular complexity index is 891. The third-order valence-electron chi connectivity index (χ3n) is 5.87. The van der Waals surface area contributed by atoms with Crippen LogP contribution in [0.25, 0.3) is 0 Å². The Morgan fingerprint density at radius 1 is 0.824 bits per heavy atom. The second-order valence-corrected chi connectivity index (χ2v) is 8.85. The van der Waals surface area contributed by atoms with Crippen molar-refractivity contribution in [3.05, 3.63) is 65.2 Å². The molecule has 5 heteroatoms. The van der Waals surface area contributed by atoms with Gasteiger partial charge in [0.25, 0.3) is 0 Å². The lowest BCUT2D eigenvalue weighted by atomic mass is 10.1. The van der Waals surface area contributed by atoms with E-state index in [4.69, 9.17) is 4.74 Å². The van der Waals surface area contributed by atoms with Gasteiger partial charge in [-0.1, -0.05) is 89.3 Å². The number of benzene rings is 2. The van der Waals surface area contributed by atoms with Gasteiger partial charge in [0.15, 0.2) is 0 Å². The summed E-state index contributed by atoms with van der Waals surface area (Å²) in [6.45, 7) is 4.13. The van der Waals surface area contributed by atoms with E-state index in [9.17, 15) is 9.59 Å². The average Bonchev–Trinajstić information content (AvgIpc) is 2.84. The molecular weight excluding hydrogens is 424 g/mol. The molecule has 0 radical (unpaired) electrons. The maximum absolute atomic E-state index is 12.3. The number of ether oxygens (including phenoxy) is 1. The van der Waals surface area contributed by atoms with E-state index in [2.05, 4.69) is 17.5 Å². The number of unbranched alkanes of at least 4 members (excludes halogenated alkanes) is 10. The fraction of sp³-hybridized carbons (Fsp3) is 0.483. The first-order chi connectivity index (χ1) is 16.6. The van der Waals surface area contributed by atoms with Crippen molar-refractivity contribution in [1.29, 1.82) is 0 Å². The first kappa shape index (κ1) is 27.3. The summed E-state index contributed by atoms with van der Waals surface area (Å²) in [6.07, 6.45) is 16.0. The van der Waals surface area contributed by atoms with Gasteiger partial charge in [-0.3, -0.25) is 4.79 Å². The molecule has 0 bridgehead atoms. The molecule has 0 fully saturated rings. The van der Waals surface area contributed by atoms with Crippen LogP contribution in [0, 0.1) is 6.92 Å². The van der Waals surface area contributed by atoms with Gasteiger partial charge in [-0.05, 0) is 54.8 Å². The third kappa shape index (κ3) is 11.3. The number of hydrazone groups is 1. The van der Waals surface area contributed by atoms with E-state index < -0.39 is 0 Å². The van der Waals surface area contributed by atoms with Crippen LogP contribution in [-0.2, 0) is 4.79 Å². The molecule has 0 heterocycles. The predicted octanol–water partition coefficient (Wildman–Crippen LogP) is 7.37. The van der Waals surface area contributed by atoms with Crippen LogP contribution < -0.4 is 10.2 Å². The van der Waals surface area contributed by atoms with Crippen LogP contribution in [0.5, 0.6) is 5.75 Å². The van der Waals surface area contributed by atoms with Crippen molar-refractivity contribution in [3.8, 4) is 5.75 Å². The Labute approximate surface area is 205 Å². The van der Waals surface area contributed by atoms with E-state index in [1.165, 1.54) is 57.8 Å². The lowest BCUT2D eigenvalue weighted by molar-refractivity contribution is -0.121. The molecule has 0 aliphatic carbocycles. The number of aryl methyl sites for hydroxylation is 1. The molecule has 2 aromatic rings. The Morgan fingerprint density at radius 2 is 1.41 bits per heavy atom. The molecule has 184 valence electrons. The second kappa shape index (κ2) is 16.6. The van der Waals surface area contributed by atoms with Gasteiger partial charge in [0.2, 0.25) is 5.91 Å². The molecule has 0 aromatic heterocycles. The number of carbonyl (C=O) groups is 2. The van der Waals surface area contributed by atoms with Crippen molar-refractivity contribution in [2.75, 3.05) is 0 Å². The number of esters is 1. The maximum atomic E-state index is 12.3. The number of amides is 1. The highest BCUT2D eigenvalue weighted by molar-refractivity contribution is 5.92. The van der Waals surface area contributed by atoms with Gasteiger partial charge in [0.05, 0.1) is 11.8 Å². The molecule has 0 aliphatic heterocycles. The summed E-state index contributed by atoms with van der Waals surface area (Å²) in [7, 11) is 0. The molecule has 2 rings (SSSR count).